The van der Waals surface area contributed by atoms with Crippen molar-refractivity contribution < 1.29 is 13.2 Å². The summed E-state index contributed by atoms with van der Waals surface area (Å²) in [5.41, 5.74) is -1.89. The Bertz CT molecular complexity index is 741. The molecule has 0 spiro atoms. The summed E-state index contributed by atoms with van der Waals surface area (Å²) in [6.07, 6.45) is -4.58. The van der Waals surface area contributed by atoms with E-state index in [1.807, 2.05) is 0 Å². The molecule has 0 amide bonds. The van der Waals surface area contributed by atoms with E-state index in [2.05, 4.69) is 10.2 Å². The van der Waals surface area contributed by atoms with Crippen molar-refractivity contribution in [2.45, 2.75) is 16.2 Å². The molecule has 20 heavy (non-hydrogen) atoms. The Morgan fingerprint density at radius 2 is 2.15 bits per heavy atom. The van der Waals surface area contributed by atoms with Gasteiger partial charge < -0.3 is 0 Å². The van der Waals surface area contributed by atoms with Crippen LogP contribution in [0.1, 0.15) is 11.1 Å². The molecule has 0 bridgehead atoms. The van der Waals surface area contributed by atoms with Crippen LogP contribution in [-0.2, 0) is 13.2 Å². The highest BCUT2D eigenvalue weighted by Crippen LogP contribution is 2.34. The van der Waals surface area contributed by atoms with E-state index in [1.54, 1.807) is 0 Å². The zero-order valence-electron chi connectivity index (χ0n) is 10.0. The van der Waals surface area contributed by atoms with Crippen molar-refractivity contribution in [2.75, 3.05) is 0 Å². The third-order valence-corrected chi connectivity index (χ3v) is 3.50. The van der Waals surface area contributed by atoms with Gasteiger partial charge in [0.15, 0.2) is 5.16 Å². The van der Waals surface area contributed by atoms with Crippen LogP contribution >= 0.6 is 11.8 Å². The number of aromatic amines is 1. The highest BCUT2D eigenvalue weighted by molar-refractivity contribution is 7.99. The van der Waals surface area contributed by atoms with Crippen LogP contribution in [0.2, 0.25) is 0 Å². The van der Waals surface area contributed by atoms with E-state index < -0.39 is 23.0 Å². The fraction of sp³-hybridized carbons (Fsp3) is 0.182. The number of nitrogens with zero attached hydrogens (tertiary/aromatic N) is 3. The van der Waals surface area contributed by atoms with Crippen LogP contribution in [0.3, 0.4) is 0 Å². The second-order valence-corrected chi connectivity index (χ2v) is 4.83. The maximum Gasteiger partial charge on any atom is 0.417 e. The second kappa shape index (κ2) is 5.05. The first kappa shape index (κ1) is 14.2. The van der Waals surface area contributed by atoms with Crippen molar-refractivity contribution in [2.24, 2.45) is 7.05 Å². The predicted molar refractivity (Wildman–Crippen MR) is 64.1 cm³/mol. The molecule has 0 aliphatic rings. The van der Waals surface area contributed by atoms with E-state index >= 15 is 0 Å². The molecule has 1 aromatic heterocycles. The van der Waals surface area contributed by atoms with Gasteiger partial charge in [0.05, 0.1) is 17.2 Å². The summed E-state index contributed by atoms with van der Waals surface area (Å²) in [4.78, 5) is 11.6. The van der Waals surface area contributed by atoms with E-state index in [1.165, 1.54) is 23.8 Å². The maximum atomic E-state index is 12.6. The van der Waals surface area contributed by atoms with Gasteiger partial charge in [0.25, 0.3) is 0 Å². The summed E-state index contributed by atoms with van der Waals surface area (Å²) < 4.78 is 39.1. The molecule has 0 aliphatic carbocycles. The molecule has 0 unspecified atom stereocenters. The molecule has 0 fully saturated rings. The molecule has 2 aromatic rings. The Kier molecular flexibility index (Phi) is 3.59. The van der Waals surface area contributed by atoms with Gasteiger partial charge in [-0.15, -0.1) is 5.10 Å². The van der Waals surface area contributed by atoms with Crippen molar-refractivity contribution in [1.82, 2.24) is 14.8 Å². The Morgan fingerprint density at radius 3 is 2.65 bits per heavy atom. The second-order valence-electron chi connectivity index (χ2n) is 3.79. The lowest BCUT2D eigenvalue weighted by Gasteiger charge is -2.09. The number of halogens is 3. The van der Waals surface area contributed by atoms with E-state index in [9.17, 15) is 18.0 Å². The predicted octanol–water partition coefficient (Wildman–Crippen LogP) is 2.15. The largest absolute Gasteiger partial charge is 0.417 e. The molecular formula is C11H7F3N4OS. The minimum absolute atomic E-state index is 0.290. The Balaban J connectivity index is 2.39. The molecule has 5 nitrogen and oxygen atoms in total. The van der Waals surface area contributed by atoms with Crippen LogP contribution in [0.15, 0.2) is 33.0 Å². The summed E-state index contributed by atoms with van der Waals surface area (Å²) in [6, 6.07) is 4.70. The average molecular weight is 300 g/mol. The fourth-order valence-electron chi connectivity index (χ4n) is 1.46. The van der Waals surface area contributed by atoms with Crippen molar-refractivity contribution in [3.63, 3.8) is 0 Å². The average Bonchev–Trinajstić information content (AvgIpc) is 2.69. The van der Waals surface area contributed by atoms with E-state index in [4.69, 9.17) is 5.26 Å². The van der Waals surface area contributed by atoms with Gasteiger partial charge in [-0.3, -0.25) is 4.57 Å². The topological polar surface area (TPSA) is 74.5 Å². The van der Waals surface area contributed by atoms with Gasteiger partial charge in [0.1, 0.15) is 0 Å². The number of nitrogens with one attached hydrogen (secondary N) is 1. The van der Waals surface area contributed by atoms with Crippen molar-refractivity contribution >= 4 is 11.8 Å². The zero-order valence-corrected chi connectivity index (χ0v) is 10.8. The van der Waals surface area contributed by atoms with Gasteiger partial charge >= 0.3 is 11.9 Å². The number of nitriles is 1. The molecule has 0 aliphatic heterocycles. The number of H-pyrrole nitrogens is 1. The zero-order chi connectivity index (χ0) is 14.9. The number of hydrogen-bond donors (Lipinski definition) is 1. The molecule has 9 heteroatoms. The Hall–Kier alpha value is -2.21. The normalized spacial score (nSPS) is 11.3. The highest BCUT2D eigenvalue weighted by Gasteiger charge is 2.33. The van der Waals surface area contributed by atoms with Gasteiger partial charge in [-0.1, -0.05) is 0 Å². The minimum atomic E-state index is -4.58. The molecule has 1 aromatic carbocycles. The number of aromatic nitrogens is 3. The fourth-order valence-corrected chi connectivity index (χ4v) is 2.29. The summed E-state index contributed by atoms with van der Waals surface area (Å²) >= 11 is 0.986. The van der Waals surface area contributed by atoms with E-state index in [-0.39, 0.29) is 0 Å². The van der Waals surface area contributed by atoms with Crippen LogP contribution in [0.4, 0.5) is 13.2 Å². The summed E-state index contributed by atoms with van der Waals surface area (Å²) in [5.74, 6) is 0. The molecule has 1 heterocycles. The Labute approximate surface area is 115 Å². The number of hydrogen-bond acceptors (Lipinski definition) is 4. The summed E-state index contributed by atoms with van der Waals surface area (Å²) in [6.45, 7) is 0. The highest BCUT2D eigenvalue weighted by atomic mass is 32.2. The lowest BCUT2D eigenvalue weighted by atomic mass is 10.1. The molecule has 1 N–H and O–H groups in total. The van der Waals surface area contributed by atoms with Crippen LogP contribution in [0.25, 0.3) is 0 Å². The van der Waals surface area contributed by atoms with Gasteiger partial charge in [0, 0.05) is 11.9 Å². The van der Waals surface area contributed by atoms with E-state index in [0.717, 1.165) is 23.9 Å². The molecule has 0 saturated carbocycles. The van der Waals surface area contributed by atoms with Gasteiger partial charge in [-0.25, -0.2) is 9.89 Å². The number of benzene rings is 1. The van der Waals surface area contributed by atoms with Gasteiger partial charge in [-0.2, -0.15) is 18.4 Å². The standard InChI is InChI=1S/C11H7F3N4OS/c1-18-9(19)16-17-10(18)20-7-2-3-8(11(12,13)14)6(4-7)5-15/h2-4H,1H3,(H,16,19). The molecule has 0 saturated heterocycles. The van der Waals surface area contributed by atoms with Gasteiger partial charge in [-0.05, 0) is 30.0 Å². The monoisotopic (exact) mass is 300 g/mol. The quantitative estimate of drug-likeness (QED) is 0.922. The van der Waals surface area contributed by atoms with Crippen LogP contribution in [0, 0.1) is 11.3 Å². The summed E-state index contributed by atoms with van der Waals surface area (Å²) in [7, 11) is 1.48. The SMILES string of the molecule is Cn1c(Sc2ccc(C(F)(F)F)c(C#N)c2)n[nH]c1=O. The smallest absolute Gasteiger partial charge is 0.273 e. The molecule has 104 valence electrons. The molecule has 0 atom stereocenters. The summed E-state index contributed by atoms with van der Waals surface area (Å²) in [5, 5.41) is 15.0. The van der Waals surface area contributed by atoms with Crippen molar-refractivity contribution in [3.05, 3.63) is 39.8 Å². The van der Waals surface area contributed by atoms with Crippen molar-refractivity contribution in [1.29, 1.82) is 5.26 Å². The first-order valence-electron chi connectivity index (χ1n) is 5.23. The third-order valence-electron chi connectivity index (χ3n) is 2.46. The van der Waals surface area contributed by atoms with Crippen LogP contribution in [0.5, 0.6) is 0 Å². The lowest BCUT2D eigenvalue weighted by Crippen LogP contribution is -2.12. The van der Waals surface area contributed by atoms with E-state index in [0.29, 0.717) is 10.1 Å². The first-order valence-corrected chi connectivity index (χ1v) is 6.05. The number of rotatable bonds is 2. The molecule has 2 rings (SSSR count). The third kappa shape index (κ3) is 2.70. The minimum Gasteiger partial charge on any atom is -0.273 e. The molecule has 0 radical (unpaired) electrons. The first-order chi connectivity index (χ1) is 9.32. The Morgan fingerprint density at radius 1 is 1.45 bits per heavy atom. The number of alkyl halides is 3. The van der Waals surface area contributed by atoms with Gasteiger partial charge in [0.2, 0.25) is 0 Å². The maximum absolute atomic E-state index is 12.6. The molecular weight excluding hydrogens is 293 g/mol. The van der Waals surface area contributed by atoms with Crippen LogP contribution < -0.4 is 5.69 Å². The van der Waals surface area contributed by atoms with Crippen molar-refractivity contribution in [3.8, 4) is 6.07 Å². The van der Waals surface area contributed by atoms with Crippen LogP contribution in [-0.4, -0.2) is 14.8 Å². The lowest BCUT2D eigenvalue weighted by molar-refractivity contribution is -0.137.